The molecule has 0 unspecified atom stereocenters. The van der Waals surface area contributed by atoms with E-state index in [0.717, 1.165) is 11.8 Å². The third-order valence-corrected chi connectivity index (χ3v) is 4.31. The van der Waals surface area contributed by atoms with E-state index in [4.69, 9.17) is 4.74 Å². The molecule has 0 saturated carbocycles. The highest BCUT2D eigenvalue weighted by Gasteiger charge is 2.11. The minimum absolute atomic E-state index is 0.110. The first-order valence-corrected chi connectivity index (χ1v) is 9.19. The van der Waals surface area contributed by atoms with Crippen molar-refractivity contribution in [1.29, 1.82) is 0 Å². The summed E-state index contributed by atoms with van der Waals surface area (Å²) in [5.74, 6) is -1.94. The van der Waals surface area contributed by atoms with E-state index < -0.39 is 24.3 Å². The highest BCUT2D eigenvalue weighted by atomic mass is 32.2. The van der Waals surface area contributed by atoms with Gasteiger partial charge in [-0.2, -0.15) is 0 Å². The van der Waals surface area contributed by atoms with E-state index in [1.54, 1.807) is 36.4 Å². The summed E-state index contributed by atoms with van der Waals surface area (Å²) in [4.78, 5) is 35.7. The van der Waals surface area contributed by atoms with Crippen molar-refractivity contribution in [2.24, 2.45) is 0 Å². The summed E-state index contributed by atoms with van der Waals surface area (Å²) in [6.45, 7) is 1.83. The van der Waals surface area contributed by atoms with Gasteiger partial charge in [0.1, 0.15) is 5.82 Å². The van der Waals surface area contributed by atoms with Crippen LogP contribution in [0.4, 0.5) is 10.1 Å². The molecule has 0 aliphatic rings. The van der Waals surface area contributed by atoms with Crippen LogP contribution in [-0.4, -0.2) is 36.7 Å². The van der Waals surface area contributed by atoms with E-state index in [-0.39, 0.29) is 11.7 Å². The summed E-state index contributed by atoms with van der Waals surface area (Å²) in [6.07, 6.45) is 0. The van der Waals surface area contributed by atoms with Crippen LogP contribution in [0.2, 0.25) is 0 Å². The average Bonchev–Trinajstić information content (AvgIpc) is 2.66. The molecule has 0 radical (unpaired) electrons. The van der Waals surface area contributed by atoms with Gasteiger partial charge in [0, 0.05) is 22.7 Å². The number of benzene rings is 2. The van der Waals surface area contributed by atoms with Gasteiger partial charge in [-0.15, -0.1) is 11.8 Å². The van der Waals surface area contributed by atoms with Crippen molar-refractivity contribution in [3.8, 4) is 0 Å². The van der Waals surface area contributed by atoms with Gasteiger partial charge < -0.3 is 15.4 Å². The Morgan fingerprint density at radius 2 is 1.89 bits per heavy atom. The number of hydrogen-bond acceptors (Lipinski definition) is 5. The van der Waals surface area contributed by atoms with Gasteiger partial charge in [0.25, 0.3) is 11.8 Å². The van der Waals surface area contributed by atoms with Crippen LogP contribution in [0.15, 0.2) is 53.4 Å². The number of carbonyl (C=O) groups excluding carboxylic acids is 3. The normalized spacial score (nSPS) is 10.1. The highest BCUT2D eigenvalue weighted by Crippen LogP contribution is 2.21. The van der Waals surface area contributed by atoms with Crippen molar-refractivity contribution < 1.29 is 23.5 Å². The second-order valence-electron chi connectivity index (χ2n) is 5.37. The Hall–Kier alpha value is -2.87. The molecule has 0 atom stereocenters. The molecule has 142 valence electrons. The van der Waals surface area contributed by atoms with Gasteiger partial charge in [-0.1, -0.05) is 18.2 Å². The van der Waals surface area contributed by atoms with E-state index in [2.05, 4.69) is 10.6 Å². The summed E-state index contributed by atoms with van der Waals surface area (Å²) < 4.78 is 18.3. The molecule has 6 nitrogen and oxygen atoms in total. The first-order chi connectivity index (χ1) is 13.0. The Labute approximate surface area is 160 Å². The van der Waals surface area contributed by atoms with E-state index in [9.17, 15) is 18.8 Å². The number of rotatable bonds is 8. The molecule has 0 spiro atoms. The molecule has 2 aromatic rings. The lowest BCUT2D eigenvalue weighted by Crippen LogP contribution is -2.24. The number of anilines is 1. The van der Waals surface area contributed by atoms with Gasteiger partial charge >= 0.3 is 5.97 Å². The van der Waals surface area contributed by atoms with Crippen LogP contribution in [0.1, 0.15) is 17.3 Å². The van der Waals surface area contributed by atoms with Gasteiger partial charge in [0.2, 0.25) is 0 Å². The maximum absolute atomic E-state index is 13.5. The molecule has 2 rings (SSSR count). The molecule has 2 amide bonds. The summed E-state index contributed by atoms with van der Waals surface area (Å²) >= 11 is 0.995. The van der Waals surface area contributed by atoms with Crippen LogP contribution >= 0.6 is 11.8 Å². The molecule has 0 saturated heterocycles. The van der Waals surface area contributed by atoms with Crippen LogP contribution in [0.5, 0.6) is 0 Å². The van der Waals surface area contributed by atoms with Crippen LogP contribution in [-0.2, 0) is 14.3 Å². The Bertz CT molecular complexity index is 829. The minimum atomic E-state index is -0.630. The lowest BCUT2D eigenvalue weighted by Gasteiger charge is -2.08. The van der Waals surface area contributed by atoms with Crippen LogP contribution < -0.4 is 10.6 Å². The fourth-order valence-corrected chi connectivity index (χ4v) is 2.82. The lowest BCUT2D eigenvalue weighted by atomic mass is 10.2. The van der Waals surface area contributed by atoms with Crippen molar-refractivity contribution in [2.75, 3.05) is 24.2 Å². The topological polar surface area (TPSA) is 84.5 Å². The monoisotopic (exact) mass is 390 g/mol. The summed E-state index contributed by atoms with van der Waals surface area (Å²) in [5, 5.41) is 5.22. The standard InChI is InChI=1S/C19H19FN2O4S/c1-2-21-19(25)13-6-5-7-14(10-13)22-17(23)11-26-18(24)12-27-16-9-4-3-8-15(16)20/h3-10H,2,11-12H2,1H3,(H,21,25)(H,22,23). The third-order valence-electron chi connectivity index (χ3n) is 3.29. The summed E-state index contributed by atoms with van der Waals surface area (Å²) in [6, 6.07) is 12.5. The Kier molecular flexibility index (Phi) is 7.81. The van der Waals surface area contributed by atoms with Gasteiger partial charge in [-0.3, -0.25) is 14.4 Å². The fourth-order valence-electron chi connectivity index (χ4n) is 2.08. The number of esters is 1. The van der Waals surface area contributed by atoms with Crippen molar-refractivity contribution in [1.82, 2.24) is 5.32 Å². The SMILES string of the molecule is CCNC(=O)c1cccc(NC(=O)COC(=O)CSc2ccccc2F)c1. The number of amides is 2. The first-order valence-electron chi connectivity index (χ1n) is 8.20. The third kappa shape index (κ3) is 6.74. The Morgan fingerprint density at radius 3 is 2.63 bits per heavy atom. The predicted octanol–water partition coefficient (Wildman–Crippen LogP) is 2.85. The largest absolute Gasteiger partial charge is 0.455 e. The summed E-state index contributed by atoms with van der Waals surface area (Å²) in [7, 11) is 0. The Morgan fingerprint density at radius 1 is 1.11 bits per heavy atom. The molecular formula is C19H19FN2O4S. The van der Waals surface area contributed by atoms with Gasteiger partial charge in [0.15, 0.2) is 6.61 Å². The maximum Gasteiger partial charge on any atom is 0.316 e. The number of ether oxygens (including phenoxy) is 1. The molecule has 0 aromatic heterocycles. The first kappa shape index (κ1) is 20.4. The quantitative estimate of drug-likeness (QED) is 0.535. The van der Waals surface area contributed by atoms with Gasteiger partial charge in [-0.05, 0) is 37.3 Å². The van der Waals surface area contributed by atoms with Gasteiger partial charge in [-0.25, -0.2) is 4.39 Å². The second-order valence-corrected chi connectivity index (χ2v) is 6.39. The molecule has 27 heavy (non-hydrogen) atoms. The molecule has 0 aliphatic heterocycles. The molecular weight excluding hydrogens is 371 g/mol. The number of hydrogen-bond donors (Lipinski definition) is 2. The molecule has 2 N–H and O–H groups in total. The molecule has 0 bridgehead atoms. The number of thioether (sulfide) groups is 1. The lowest BCUT2D eigenvalue weighted by molar-refractivity contribution is -0.144. The number of nitrogens with one attached hydrogen (secondary N) is 2. The van der Waals surface area contributed by atoms with Crippen molar-refractivity contribution in [3.05, 3.63) is 59.9 Å². The predicted molar refractivity (Wildman–Crippen MR) is 101 cm³/mol. The smallest absolute Gasteiger partial charge is 0.316 e. The molecule has 8 heteroatoms. The van der Waals surface area contributed by atoms with E-state index in [1.165, 1.54) is 12.1 Å². The average molecular weight is 390 g/mol. The second kappa shape index (κ2) is 10.3. The van der Waals surface area contributed by atoms with E-state index in [1.807, 2.05) is 6.92 Å². The Balaban J connectivity index is 1.79. The molecule has 0 fully saturated rings. The zero-order valence-corrected chi connectivity index (χ0v) is 15.5. The molecule has 0 aliphatic carbocycles. The van der Waals surface area contributed by atoms with Crippen molar-refractivity contribution in [3.63, 3.8) is 0 Å². The van der Waals surface area contributed by atoms with Gasteiger partial charge in [0.05, 0.1) is 5.75 Å². The number of halogens is 1. The summed E-state index contributed by atoms with van der Waals surface area (Å²) in [5.41, 5.74) is 0.827. The van der Waals surface area contributed by atoms with Crippen molar-refractivity contribution in [2.45, 2.75) is 11.8 Å². The minimum Gasteiger partial charge on any atom is -0.455 e. The van der Waals surface area contributed by atoms with Crippen LogP contribution in [0.3, 0.4) is 0 Å². The maximum atomic E-state index is 13.5. The van der Waals surface area contributed by atoms with Crippen molar-refractivity contribution >= 4 is 35.2 Å². The zero-order valence-electron chi connectivity index (χ0n) is 14.7. The molecule has 0 heterocycles. The molecule has 2 aromatic carbocycles. The van der Waals surface area contributed by atoms with E-state index in [0.29, 0.717) is 22.7 Å². The van der Waals surface area contributed by atoms with Crippen LogP contribution in [0.25, 0.3) is 0 Å². The van der Waals surface area contributed by atoms with Crippen LogP contribution in [0, 0.1) is 5.82 Å². The zero-order chi connectivity index (χ0) is 19.6. The fraction of sp³-hybridized carbons (Fsp3) is 0.211. The highest BCUT2D eigenvalue weighted by molar-refractivity contribution is 8.00. The van der Waals surface area contributed by atoms with E-state index >= 15 is 0 Å². The number of carbonyl (C=O) groups is 3.